The van der Waals surface area contributed by atoms with Crippen molar-refractivity contribution in [3.63, 3.8) is 0 Å². The van der Waals surface area contributed by atoms with Crippen LogP contribution in [-0.2, 0) is 0 Å². The number of hydrogen-bond donors (Lipinski definition) is 2. The Balaban J connectivity index is 1.37. The van der Waals surface area contributed by atoms with E-state index in [-0.39, 0.29) is 17.7 Å². The minimum atomic E-state index is -0.917. The van der Waals surface area contributed by atoms with Crippen molar-refractivity contribution in [3.05, 3.63) is 77.9 Å². The van der Waals surface area contributed by atoms with Gasteiger partial charge in [-0.15, -0.1) is 0 Å². The van der Waals surface area contributed by atoms with Crippen LogP contribution in [0.15, 0.2) is 66.7 Å². The summed E-state index contributed by atoms with van der Waals surface area (Å²) in [5.74, 6) is -0.183. The predicted octanol–water partition coefficient (Wildman–Crippen LogP) is 5.19. The molecule has 3 aromatic carbocycles. The largest absolute Gasteiger partial charge is 0.490 e. The molecule has 4 rings (SSSR count). The van der Waals surface area contributed by atoms with Crippen molar-refractivity contribution in [2.75, 3.05) is 0 Å². The normalized spacial score (nSPS) is 20.2. The van der Waals surface area contributed by atoms with Gasteiger partial charge in [0.25, 0.3) is 0 Å². The summed E-state index contributed by atoms with van der Waals surface area (Å²) in [4.78, 5) is 11.0. The van der Waals surface area contributed by atoms with Gasteiger partial charge >= 0.3 is 5.97 Å². The molecular formula is C24H25NO3. The second-order valence-corrected chi connectivity index (χ2v) is 7.54. The third-order valence-corrected chi connectivity index (χ3v) is 5.56. The van der Waals surface area contributed by atoms with Gasteiger partial charge in [-0.05, 0) is 66.8 Å². The van der Waals surface area contributed by atoms with Gasteiger partial charge in [-0.3, -0.25) is 0 Å². The second kappa shape index (κ2) is 8.03. The second-order valence-electron chi connectivity index (χ2n) is 7.54. The third kappa shape index (κ3) is 4.02. The Kier molecular flexibility index (Phi) is 5.31. The smallest absolute Gasteiger partial charge is 0.335 e. The molecule has 4 heteroatoms. The lowest BCUT2D eigenvalue weighted by Gasteiger charge is -2.21. The van der Waals surface area contributed by atoms with E-state index in [4.69, 9.17) is 9.84 Å². The van der Waals surface area contributed by atoms with Crippen LogP contribution in [0.3, 0.4) is 0 Å². The Labute approximate surface area is 165 Å². The van der Waals surface area contributed by atoms with E-state index < -0.39 is 5.97 Å². The van der Waals surface area contributed by atoms with Crippen LogP contribution in [0.2, 0.25) is 0 Å². The maximum Gasteiger partial charge on any atom is 0.335 e. The number of fused-ring (bicyclic) bond motifs is 1. The van der Waals surface area contributed by atoms with Crippen molar-refractivity contribution in [2.24, 2.45) is 0 Å². The van der Waals surface area contributed by atoms with E-state index >= 15 is 0 Å². The highest BCUT2D eigenvalue weighted by Gasteiger charge is 2.27. The first kappa shape index (κ1) is 18.5. The van der Waals surface area contributed by atoms with Gasteiger partial charge in [0.2, 0.25) is 0 Å². The van der Waals surface area contributed by atoms with Crippen LogP contribution >= 0.6 is 0 Å². The van der Waals surface area contributed by atoms with Crippen LogP contribution < -0.4 is 10.1 Å². The van der Waals surface area contributed by atoms with Crippen LogP contribution in [0.5, 0.6) is 5.75 Å². The molecule has 0 aromatic heterocycles. The molecule has 3 atom stereocenters. The van der Waals surface area contributed by atoms with Gasteiger partial charge < -0.3 is 15.2 Å². The van der Waals surface area contributed by atoms with Crippen molar-refractivity contribution in [2.45, 2.75) is 44.4 Å². The number of aromatic carboxylic acids is 1. The summed E-state index contributed by atoms with van der Waals surface area (Å²) in [7, 11) is 0. The number of carbonyl (C=O) groups is 1. The lowest BCUT2D eigenvalue weighted by Crippen LogP contribution is -2.30. The Bertz CT molecular complexity index is 962. The summed E-state index contributed by atoms with van der Waals surface area (Å²) in [6.45, 7) is 2.22. The lowest BCUT2D eigenvalue weighted by molar-refractivity contribution is 0.0697. The van der Waals surface area contributed by atoms with Crippen molar-refractivity contribution in [3.8, 4) is 5.75 Å². The Hall–Kier alpha value is -2.85. The van der Waals surface area contributed by atoms with Crippen molar-refractivity contribution < 1.29 is 14.6 Å². The van der Waals surface area contributed by atoms with Gasteiger partial charge in [0.1, 0.15) is 11.9 Å². The van der Waals surface area contributed by atoms with Crippen molar-refractivity contribution in [1.82, 2.24) is 5.32 Å². The minimum absolute atomic E-state index is 0.160. The molecule has 0 spiro atoms. The van der Waals surface area contributed by atoms with E-state index in [2.05, 4.69) is 54.7 Å². The Morgan fingerprint density at radius 3 is 2.57 bits per heavy atom. The average Bonchev–Trinajstić information content (AvgIpc) is 3.14. The molecule has 4 nitrogen and oxygen atoms in total. The summed E-state index contributed by atoms with van der Waals surface area (Å²) in [5.41, 5.74) is 1.61. The van der Waals surface area contributed by atoms with Gasteiger partial charge in [-0.25, -0.2) is 4.79 Å². The minimum Gasteiger partial charge on any atom is -0.490 e. The lowest BCUT2D eigenvalue weighted by atomic mass is 9.99. The van der Waals surface area contributed by atoms with Crippen molar-refractivity contribution >= 4 is 16.7 Å². The fourth-order valence-electron chi connectivity index (χ4n) is 4.14. The average molecular weight is 375 g/mol. The zero-order valence-electron chi connectivity index (χ0n) is 16.0. The van der Waals surface area contributed by atoms with E-state index in [1.165, 1.54) is 16.3 Å². The SMILES string of the molecule is C[C@@H](N[C@@H]1CCC(Oc2ccc(C(=O)O)cc2)C1)c1cccc2ccccc12. The van der Waals surface area contributed by atoms with Gasteiger partial charge in [-0.1, -0.05) is 42.5 Å². The molecule has 1 aliphatic rings. The summed E-state index contributed by atoms with van der Waals surface area (Å²) in [6, 6.07) is 22.3. The van der Waals surface area contributed by atoms with Crippen LogP contribution in [0, 0.1) is 0 Å². The van der Waals surface area contributed by atoms with Crippen molar-refractivity contribution in [1.29, 1.82) is 0 Å². The van der Waals surface area contributed by atoms with Crippen LogP contribution in [0.25, 0.3) is 10.8 Å². The molecule has 0 aliphatic heterocycles. The zero-order valence-corrected chi connectivity index (χ0v) is 16.0. The highest BCUT2D eigenvalue weighted by Crippen LogP contribution is 2.29. The number of ether oxygens (including phenoxy) is 1. The molecule has 2 N–H and O–H groups in total. The molecule has 0 radical (unpaired) electrons. The van der Waals surface area contributed by atoms with E-state index in [1.54, 1.807) is 24.3 Å². The quantitative estimate of drug-likeness (QED) is 0.623. The number of carboxylic acids is 1. The third-order valence-electron chi connectivity index (χ3n) is 5.56. The molecule has 0 heterocycles. The highest BCUT2D eigenvalue weighted by molar-refractivity contribution is 5.87. The van der Waals surface area contributed by atoms with Gasteiger partial charge in [0, 0.05) is 12.1 Å². The van der Waals surface area contributed by atoms with Gasteiger partial charge in [0.15, 0.2) is 0 Å². The molecule has 1 fully saturated rings. The van der Waals surface area contributed by atoms with E-state index in [0.717, 1.165) is 25.0 Å². The van der Waals surface area contributed by atoms with Gasteiger partial charge in [0.05, 0.1) is 5.56 Å². The molecule has 1 saturated carbocycles. The first-order valence-electron chi connectivity index (χ1n) is 9.84. The number of benzene rings is 3. The summed E-state index contributed by atoms with van der Waals surface area (Å²) >= 11 is 0. The Morgan fingerprint density at radius 1 is 1.04 bits per heavy atom. The number of nitrogens with one attached hydrogen (secondary N) is 1. The molecule has 28 heavy (non-hydrogen) atoms. The molecule has 1 aliphatic carbocycles. The summed E-state index contributed by atoms with van der Waals surface area (Å²) in [6.07, 6.45) is 3.19. The zero-order chi connectivity index (χ0) is 19.5. The Morgan fingerprint density at radius 2 is 1.79 bits per heavy atom. The molecule has 0 saturated heterocycles. The maximum absolute atomic E-state index is 11.0. The summed E-state index contributed by atoms with van der Waals surface area (Å²) < 4.78 is 6.06. The number of rotatable bonds is 6. The predicted molar refractivity (Wildman–Crippen MR) is 111 cm³/mol. The first-order valence-corrected chi connectivity index (χ1v) is 9.84. The molecule has 144 valence electrons. The first-order chi connectivity index (χ1) is 13.6. The van der Waals surface area contributed by atoms with Crippen LogP contribution in [-0.4, -0.2) is 23.2 Å². The number of hydrogen-bond acceptors (Lipinski definition) is 3. The topological polar surface area (TPSA) is 58.6 Å². The van der Waals surface area contributed by atoms with Crippen LogP contribution in [0.4, 0.5) is 0 Å². The van der Waals surface area contributed by atoms with E-state index in [0.29, 0.717) is 6.04 Å². The maximum atomic E-state index is 11.0. The fraction of sp³-hybridized carbons (Fsp3) is 0.292. The number of carboxylic acid groups (broad SMARTS) is 1. The molecule has 0 amide bonds. The molecule has 3 aromatic rings. The highest BCUT2D eigenvalue weighted by atomic mass is 16.5. The standard InChI is InChI=1S/C24H25NO3/c1-16(22-8-4-6-17-5-2-3-7-23(17)22)25-19-11-14-21(15-19)28-20-12-9-18(10-13-20)24(26)27/h2-10,12-13,16,19,21,25H,11,14-15H2,1H3,(H,26,27)/t16-,19-,21?/m1/s1. The fourth-order valence-corrected chi connectivity index (χ4v) is 4.14. The summed E-state index contributed by atoms with van der Waals surface area (Å²) in [5, 5.41) is 15.3. The van der Waals surface area contributed by atoms with Gasteiger partial charge in [-0.2, -0.15) is 0 Å². The van der Waals surface area contributed by atoms with E-state index in [9.17, 15) is 4.79 Å². The monoisotopic (exact) mass is 375 g/mol. The molecule has 0 bridgehead atoms. The van der Waals surface area contributed by atoms with E-state index in [1.807, 2.05) is 0 Å². The molecular weight excluding hydrogens is 350 g/mol. The molecule has 1 unspecified atom stereocenters. The van der Waals surface area contributed by atoms with Crippen LogP contribution in [0.1, 0.15) is 48.1 Å².